The van der Waals surface area contributed by atoms with Gasteiger partial charge in [0.05, 0.1) is 24.5 Å². The minimum atomic E-state index is -3.59. The van der Waals surface area contributed by atoms with E-state index < -0.39 is 16.1 Å². The van der Waals surface area contributed by atoms with Gasteiger partial charge in [-0.15, -0.1) is 0 Å². The third-order valence-electron chi connectivity index (χ3n) is 5.78. The molecule has 0 bridgehead atoms. The number of aryl methyl sites for hydroxylation is 2. The molecule has 0 aromatic heterocycles. The zero-order valence-electron chi connectivity index (χ0n) is 19.3. The Balaban J connectivity index is 1.86. The zero-order chi connectivity index (χ0) is 23.1. The molecule has 2 atom stereocenters. The number of nitrogens with one attached hydrogen (secondary N) is 1. The van der Waals surface area contributed by atoms with Crippen LogP contribution in [0.1, 0.15) is 56.0 Å². The highest BCUT2D eigenvalue weighted by molar-refractivity contribution is 7.92. The maximum atomic E-state index is 13.0. The monoisotopic (exact) mass is 444 g/mol. The number of hydrogen-bond acceptors (Lipinski definition) is 4. The summed E-state index contributed by atoms with van der Waals surface area (Å²) in [6.45, 7) is 12.1. The van der Waals surface area contributed by atoms with Crippen molar-refractivity contribution in [3.05, 3.63) is 58.7 Å². The largest absolute Gasteiger partial charge is 0.476 e. The van der Waals surface area contributed by atoms with Crippen LogP contribution in [-0.4, -0.2) is 33.2 Å². The number of carbonyl (C=O) groups is 1. The van der Waals surface area contributed by atoms with Gasteiger partial charge in [-0.2, -0.15) is 0 Å². The molecule has 0 radical (unpaired) electrons. The van der Waals surface area contributed by atoms with Crippen molar-refractivity contribution in [2.45, 2.75) is 59.1 Å². The molecule has 2 aromatic rings. The van der Waals surface area contributed by atoms with Gasteiger partial charge in [0.2, 0.25) is 10.0 Å². The summed E-state index contributed by atoms with van der Waals surface area (Å²) in [6.07, 6.45) is 0.218. The van der Waals surface area contributed by atoms with Crippen LogP contribution >= 0.6 is 0 Å². The van der Waals surface area contributed by atoms with Gasteiger partial charge < -0.3 is 10.1 Å². The maximum Gasteiger partial charge on any atom is 0.263 e. The number of rotatable bonds is 4. The van der Waals surface area contributed by atoms with Crippen LogP contribution in [0.3, 0.4) is 0 Å². The standard InChI is InChI=1S/C24H32N2O4S/c1-15-8-9-18(12-16(15)2)17(3)25-23(27)22-14-26(31(7,28)29)20-13-19(24(4,5)6)10-11-21(20)30-22/h8-13,17,22H,14H2,1-7H3,(H,25,27)/t17-,22+/m0/s1. The molecular formula is C24H32N2O4S. The number of anilines is 1. The Labute approximate surface area is 185 Å². The molecule has 0 unspecified atom stereocenters. The van der Waals surface area contributed by atoms with Crippen molar-refractivity contribution in [3.8, 4) is 5.75 Å². The second-order valence-corrected chi connectivity index (χ2v) is 11.3. The van der Waals surface area contributed by atoms with E-state index in [1.54, 1.807) is 6.07 Å². The lowest BCUT2D eigenvalue weighted by Gasteiger charge is -2.35. The fourth-order valence-electron chi connectivity index (χ4n) is 3.59. The van der Waals surface area contributed by atoms with Gasteiger partial charge in [0.25, 0.3) is 5.91 Å². The number of ether oxygens (including phenoxy) is 1. The van der Waals surface area contributed by atoms with Gasteiger partial charge in [-0.3, -0.25) is 9.10 Å². The first-order valence-corrected chi connectivity index (χ1v) is 12.3. The van der Waals surface area contributed by atoms with E-state index in [4.69, 9.17) is 4.74 Å². The highest BCUT2D eigenvalue weighted by Gasteiger charge is 2.36. The van der Waals surface area contributed by atoms with E-state index in [1.807, 2.05) is 51.1 Å². The quantitative estimate of drug-likeness (QED) is 0.773. The van der Waals surface area contributed by atoms with Crippen molar-refractivity contribution in [2.75, 3.05) is 17.1 Å². The number of carbonyl (C=O) groups excluding carboxylic acids is 1. The summed E-state index contributed by atoms with van der Waals surface area (Å²) in [7, 11) is -3.59. The summed E-state index contributed by atoms with van der Waals surface area (Å²) in [6, 6.07) is 11.3. The first-order valence-electron chi connectivity index (χ1n) is 10.4. The molecule has 7 heteroatoms. The Bertz CT molecular complexity index is 1100. The molecule has 0 saturated heterocycles. The average Bonchev–Trinajstić information content (AvgIpc) is 2.67. The topological polar surface area (TPSA) is 75.7 Å². The van der Waals surface area contributed by atoms with Crippen molar-refractivity contribution in [3.63, 3.8) is 0 Å². The van der Waals surface area contributed by atoms with E-state index in [0.717, 1.165) is 22.9 Å². The van der Waals surface area contributed by atoms with Gasteiger partial charge in [0.15, 0.2) is 6.10 Å². The van der Waals surface area contributed by atoms with Gasteiger partial charge in [0, 0.05) is 0 Å². The second-order valence-electron chi connectivity index (χ2n) is 9.41. The second kappa shape index (κ2) is 8.19. The molecule has 1 heterocycles. The fraction of sp³-hybridized carbons (Fsp3) is 0.458. The normalized spacial score (nSPS) is 17.5. The van der Waals surface area contributed by atoms with Crippen molar-refractivity contribution in [2.24, 2.45) is 0 Å². The minimum absolute atomic E-state index is 0.0646. The summed E-state index contributed by atoms with van der Waals surface area (Å²) < 4.78 is 32.3. The lowest BCUT2D eigenvalue weighted by molar-refractivity contribution is -0.128. The Morgan fingerprint density at radius 1 is 1.13 bits per heavy atom. The van der Waals surface area contributed by atoms with Gasteiger partial charge in [0.1, 0.15) is 5.75 Å². The molecule has 0 fully saturated rings. The molecule has 0 aliphatic carbocycles. The van der Waals surface area contributed by atoms with Crippen molar-refractivity contribution < 1.29 is 17.9 Å². The number of hydrogen-bond donors (Lipinski definition) is 1. The summed E-state index contributed by atoms with van der Waals surface area (Å²) in [5, 5.41) is 2.97. The van der Waals surface area contributed by atoms with Gasteiger partial charge in [-0.25, -0.2) is 8.42 Å². The first-order chi connectivity index (χ1) is 14.3. The Morgan fingerprint density at radius 3 is 2.39 bits per heavy atom. The van der Waals surface area contributed by atoms with E-state index >= 15 is 0 Å². The first kappa shape index (κ1) is 23.1. The third-order valence-corrected chi connectivity index (χ3v) is 6.92. The fourth-order valence-corrected chi connectivity index (χ4v) is 4.50. The highest BCUT2D eigenvalue weighted by Crippen LogP contribution is 2.38. The third kappa shape index (κ3) is 5.03. The molecule has 1 N–H and O–H groups in total. The Kier molecular flexibility index (Phi) is 6.11. The van der Waals surface area contributed by atoms with E-state index in [0.29, 0.717) is 11.4 Å². The van der Waals surface area contributed by atoms with Gasteiger partial charge >= 0.3 is 0 Å². The van der Waals surface area contributed by atoms with Crippen LogP contribution in [0.4, 0.5) is 5.69 Å². The number of sulfonamides is 1. The van der Waals surface area contributed by atoms with E-state index in [1.165, 1.54) is 9.87 Å². The summed E-state index contributed by atoms with van der Waals surface area (Å²) in [5.74, 6) is 0.0496. The van der Waals surface area contributed by atoms with Crippen LogP contribution in [0.15, 0.2) is 36.4 Å². The van der Waals surface area contributed by atoms with Crippen molar-refractivity contribution >= 4 is 21.6 Å². The number of fused-ring (bicyclic) bond motifs is 1. The molecule has 3 rings (SSSR count). The smallest absolute Gasteiger partial charge is 0.263 e. The minimum Gasteiger partial charge on any atom is -0.476 e. The van der Waals surface area contributed by atoms with Crippen LogP contribution in [0, 0.1) is 13.8 Å². The summed E-state index contributed by atoms with van der Waals surface area (Å²) in [4.78, 5) is 13.0. The predicted molar refractivity (Wildman–Crippen MR) is 124 cm³/mol. The number of nitrogens with zero attached hydrogens (tertiary/aromatic N) is 1. The SMILES string of the molecule is Cc1ccc([C@H](C)NC(=O)[C@H]2CN(S(C)(=O)=O)c3cc(C(C)(C)C)ccc3O2)cc1C. The maximum absolute atomic E-state index is 13.0. The zero-order valence-corrected chi connectivity index (χ0v) is 20.1. The molecule has 1 aliphatic rings. The van der Waals surface area contributed by atoms with Crippen LogP contribution < -0.4 is 14.4 Å². The van der Waals surface area contributed by atoms with Crippen molar-refractivity contribution in [1.82, 2.24) is 5.32 Å². The molecule has 168 valence electrons. The summed E-state index contributed by atoms with van der Waals surface area (Å²) >= 11 is 0. The number of benzene rings is 2. The molecule has 1 aliphatic heterocycles. The Hall–Kier alpha value is -2.54. The molecule has 1 amide bonds. The number of amides is 1. The molecule has 0 saturated carbocycles. The van der Waals surface area contributed by atoms with Crippen LogP contribution in [0.2, 0.25) is 0 Å². The van der Waals surface area contributed by atoms with Crippen molar-refractivity contribution in [1.29, 1.82) is 0 Å². The van der Waals surface area contributed by atoms with Crippen LogP contribution in [0.5, 0.6) is 5.75 Å². The Morgan fingerprint density at radius 2 is 1.81 bits per heavy atom. The summed E-state index contributed by atoms with van der Waals surface area (Å²) in [5.41, 5.74) is 4.65. The van der Waals surface area contributed by atoms with Crippen LogP contribution in [-0.2, 0) is 20.2 Å². The van der Waals surface area contributed by atoms with E-state index in [-0.39, 0.29) is 23.9 Å². The lowest BCUT2D eigenvalue weighted by Crippen LogP contribution is -2.50. The highest BCUT2D eigenvalue weighted by atomic mass is 32.2. The molecular weight excluding hydrogens is 412 g/mol. The lowest BCUT2D eigenvalue weighted by atomic mass is 9.86. The average molecular weight is 445 g/mol. The van der Waals surface area contributed by atoms with E-state index in [2.05, 4.69) is 26.1 Å². The van der Waals surface area contributed by atoms with Gasteiger partial charge in [-0.05, 0) is 60.6 Å². The van der Waals surface area contributed by atoms with E-state index in [9.17, 15) is 13.2 Å². The molecule has 6 nitrogen and oxygen atoms in total. The molecule has 2 aromatic carbocycles. The molecule has 31 heavy (non-hydrogen) atoms. The predicted octanol–water partition coefficient (Wildman–Crippen LogP) is 4.01. The van der Waals surface area contributed by atoms with Gasteiger partial charge in [-0.1, -0.05) is 45.0 Å². The molecule has 0 spiro atoms. The van der Waals surface area contributed by atoms with Crippen LogP contribution in [0.25, 0.3) is 0 Å².